The third kappa shape index (κ3) is 3.75. The molecule has 26 heavy (non-hydrogen) atoms. The van der Waals surface area contributed by atoms with Gasteiger partial charge in [-0.2, -0.15) is 0 Å². The van der Waals surface area contributed by atoms with Crippen LogP contribution in [0.25, 0.3) is 0 Å². The number of aromatic nitrogens is 3. The highest BCUT2D eigenvalue weighted by Crippen LogP contribution is 2.24. The van der Waals surface area contributed by atoms with Crippen molar-refractivity contribution >= 4 is 11.8 Å². The van der Waals surface area contributed by atoms with E-state index in [1.807, 2.05) is 4.90 Å². The van der Waals surface area contributed by atoms with E-state index in [4.69, 9.17) is 4.74 Å². The summed E-state index contributed by atoms with van der Waals surface area (Å²) in [7, 11) is 0. The third-order valence-electron chi connectivity index (χ3n) is 5.73. The van der Waals surface area contributed by atoms with Crippen molar-refractivity contribution in [2.24, 2.45) is 0 Å². The number of piperazine rings is 1. The molecule has 0 unspecified atom stereocenters. The van der Waals surface area contributed by atoms with Gasteiger partial charge in [0.1, 0.15) is 6.54 Å². The molecule has 0 bridgehead atoms. The monoisotopic (exact) mass is 361 g/mol. The lowest BCUT2D eigenvalue weighted by Gasteiger charge is -2.40. The molecule has 3 fully saturated rings. The Bertz CT molecular complexity index is 649. The van der Waals surface area contributed by atoms with Crippen molar-refractivity contribution in [3.05, 3.63) is 11.9 Å². The van der Waals surface area contributed by atoms with E-state index in [0.717, 1.165) is 32.3 Å². The molecule has 2 amide bonds. The van der Waals surface area contributed by atoms with Gasteiger partial charge in [0.2, 0.25) is 5.91 Å². The molecule has 3 aliphatic rings. The van der Waals surface area contributed by atoms with Crippen molar-refractivity contribution in [3.8, 4) is 0 Å². The van der Waals surface area contributed by atoms with Crippen molar-refractivity contribution in [2.75, 3.05) is 26.2 Å². The SMILES string of the molecule is O=C(c1cn(C[C@@H]2CCCO2)nn1)N1CCN(C2CCCCC2)C(=O)C1. The van der Waals surface area contributed by atoms with E-state index in [-0.39, 0.29) is 24.5 Å². The summed E-state index contributed by atoms with van der Waals surface area (Å²) < 4.78 is 7.26. The van der Waals surface area contributed by atoms with Crippen molar-refractivity contribution < 1.29 is 14.3 Å². The second-order valence-electron chi connectivity index (χ2n) is 7.57. The van der Waals surface area contributed by atoms with Gasteiger partial charge in [-0.25, -0.2) is 4.68 Å². The second-order valence-corrected chi connectivity index (χ2v) is 7.57. The summed E-state index contributed by atoms with van der Waals surface area (Å²) in [6.45, 7) is 2.75. The quantitative estimate of drug-likeness (QED) is 0.801. The maximum absolute atomic E-state index is 12.7. The van der Waals surface area contributed by atoms with Gasteiger partial charge in [0.05, 0.1) is 18.8 Å². The van der Waals surface area contributed by atoms with Gasteiger partial charge in [-0.15, -0.1) is 5.10 Å². The first-order chi connectivity index (χ1) is 12.7. The molecular formula is C18H27N5O3. The fraction of sp³-hybridized carbons (Fsp3) is 0.778. The van der Waals surface area contributed by atoms with Crippen molar-refractivity contribution in [1.29, 1.82) is 0 Å². The Kier molecular flexibility index (Phi) is 5.19. The van der Waals surface area contributed by atoms with Crippen LogP contribution in [0.4, 0.5) is 0 Å². The molecule has 1 aliphatic carbocycles. The van der Waals surface area contributed by atoms with Crippen LogP contribution in [0.3, 0.4) is 0 Å². The summed E-state index contributed by atoms with van der Waals surface area (Å²) in [6.07, 6.45) is 9.76. The normalized spacial score (nSPS) is 25.1. The summed E-state index contributed by atoms with van der Waals surface area (Å²) in [5.41, 5.74) is 0.307. The molecule has 1 aromatic heterocycles. The molecule has 1 saturated carbocycles. The third-order valence-corrected chi connectivity index (χ3v) is 5.73. The van der Waals surface area contributed by atoms with E-state index in [1.54, 1.807) is 15.8 Å². The van der Waals surface area contributed by atoms with E-state index in [2.05, 4.69) is 10.3 Å². The first kappa shape index (κ1) is 17.5. The fourth-order valence-electron chi connectivity index (χ4n) is 4.28. The van der Waals surface area contributed by atoms with Crippen LogP contribution < -0.4 is 0 Å². The van der Waals surface area contributed by atoms with Crippen molar-refractivity contribution in [1.82, 2.24) is 24.8 Å². The largest absolute Gasteiger partial charge is 0.376 e. The Morgan fingerprint density at radius 3 is 2.73 bits per heavy atom. The van der Waals surface area contributed by atoms with Crippen LogP contribution in [-0.4, -0.2) is 75.0 Å². The van der Waals surface area contributed by atoms with Gasteiger partial charge >= 0.3 is 0 Å². The van der Waals surface area contributed by atoms with Gasteiger partial charge in [0.15, 0.2) is 5.69 Å². The van der Waals surface area contributed by atoms with Crippen LogP contribution in [0.2, 0.25) is 0 Å². The lowest BCUT2D eigenvalue weighted by molar-refractivity contribution is -0.138. The zero-order chi connectivity index (χ0) is 17.9. The van der Waals surface area contributed by atoms with Crippen molar-refractivity contribution in [2.45, 2.75) is 63.6 Å². The van der Waals surface area contributed by atoms with Crippen LogP contribution in [0.5, 0.6) is 0 Å². The average Bonchev–Trinajstić information content (AvgIpc) is 3.34. The molecule has 1 atom stereocenters. The summed E-state index contributed by atoms with van der Waals surface area (Å²) in [5.74, 6) is -0.150. The van der Waals surface area contributed by atoms with Gasteiger partial charge < -0.3 is 14.5 Å². The lowest BCUT2D eigenvalue weighted by Crippen LogP contribution is -2.55. The molecule has 0 spiro atoms. The van der Waals surface area contributed by atoms with Gasteiger partial charge in [0.25, 0.3) is 5.91 Å². The zero-order valence-corrected chi connectivity index (χ0v) is 15.2. The summed E-state index contributed by atoms with van der Waals surface area (Å²) >= 11 is 0. The molecule has 0 aromatic carbocycles. The first-order valence-electron chi connectivity index (χ1n) is 9.81. The van der Waals surface area contributed by atoms with Crippen LogP contribution in [0.15, 0.2) is 6.20 Å². The Balaban J connectivity index is 1.34. The Labute approximate surface area is 153 Å². The lowest BCUT2D eigenvalue weighted by atomic mass is 9.93. The minimum atomic E-state index is -0.208. The Morgan fingerprint density at radius 2 is 2.00 bits per heavy atom. The highest BCUT2D eigenvalue weighted by Gasteiger charge is 2.33. The molecule has 2 saturated heterocycles. The van der Waals surface area contributed by atoms with Crippen LogP contribution in [0, 0.1) is 0 Å². The molecule has 142 valence electrons. The minimum Gasteiger partial charge on any atom is -0.376 e. The van der Waals surface area contributed by atoms with Gasteiger partial charge in [-0.3, -0.25) is 9.59 Å². The molecule has 0 radical (unpaired) electrons. The minimum absolute atomic E-state index is 0.0586. The molecule has 3 heterocycles. The number of hydrogen-bond donors (Lipinski definition) is 0. The predicted molar refractivity (Wildman–Crippen MR) is 93.5 cm³/mol. The zero-order valence-electron chi connectivity index (χ0n) is 15.2. The predicted octanol–water partition coefficient (Wildman–Crippen LogP) is 1.07. The standard InChI is InChI=1S/C18H27N5O3/c24-17-13-21(8-9-23(17)14-5-2-1-3-6-14)18(25)16-12-22(20-19-16)11-15-7-4-10-26-15/h12,14-15H,1-11,13H2/t15-/m0/s1. The van der Waals surface area contributed by atoms with E-state index in [0.29, 0.717) is 31.4 Å². The highest BCUT2D eigenvalue weighted by atomic mass is 16.5. The number of nitrogens with zero attached hydrogens (tertiary/aromatic N) is 5. The fourth-order valence-corrected chi connectivity index (χ4v) is 4.28. The molecule has 8 heteroatoms. The van der Waals surface area contributed by atoms with Crippen LogP contribution in [0.1, 0.15) is 55.4 Å². The van der Waals surface area contributed by atoms with Gasteiger partial charge in [-0.1, -0.05) is 24.5 Å². The molecule has 8 nitrogen and oxygen atoms in total. The summed E-state index contributed by atoms with van der Waals surface area (Å²) in [5, 5.41) is 8.06. The maximum Gasteiger partial charge on any atom is 0.276 e. The van der Waals surface area contributed by atoms with E-state index in [9.17, 15) is 9.59 Å². The number of hydrogen-bond acceptors (Lipinski definition) is 5. The number of carbonyl (C=O) groups is 2. The summed E-state index contributed by atoms with van der Waals surface area (Å²) in [4.78, 5) is 28.8. The number of carbonyl (C=O) groups excluding carboxylic acids is 2. The van der Waals surface area contributed by atoms with E-state index >= 15 is 0 Å². The number of ether oxygens (including phenoxy) is 1. The molecule has 0 N–H and O–H groups in total. The van der Waals surface area contributed by atoms with Crippen LogP contribution in [-0.2, 0) is 16.1 Å². The molecule has 2 aliphatic heterocycles. The molecule has 1 aromatic rings. The van der Waals surface area contributed by atoms with Crippen LogP contribution >= 0.6 is 0 Å². The molecule has 4 rings (SSSR count). The number of rotatable bonds is 4. The van der Waals surface area contributed by atoms with E-state index in [1.165, 1.54) is 19.3 Å². The first-order valence-corrected chi connectivity index (χ1v) is 9.81. The highest BCUT2D eigenvalue weighted by molar-refractivity contribution is 5.95. The van der Waals surface area contributed by atoms with Gasteiger partial charge in [-0.05, 0) is 25.7 Å². The van der Waals surface area contributed by atoms with E-state index < -0.39 is 0 Å². The van der Waals surface area contributed by atoms with Crippen molar-refractivity contribution in [3.63, 3.8) is 0 Å². The number of amides is 2. The molecular weight excluding hydrogens is 334 g/mol. The second kappa shape index (κ2) is 7.73. The summed E-state index contributed by atoms with van der Waals surface area (Å²) in [6, 6.07) is 0.362. The maximum atomic E-state index is 12.7. The average molecular weight is 361 g/mol. The topological polar surface area (TPSA) is 80.6 Å². The van der Waals surface area contributed by atoms with Gasteiger partial charge in [0, 0.05) is 25.7 Å². The smallest absolute Gasteiger partial charge is 0.276 e. The Morgan fingerprint density at radius 1 is 1.15 bits per heavy atom. The Hall–Kier alpha value is -1.96.